The van der Waals surface area contributed by atoms with Crippen LogP contribution in [0.2, 0.25) is 5.02 Å². The molecule has 0 bridgehead atoms. The molecule has 0 radical (unpaired) electrons. The standard InChI is InChI=1S/C13H14ClNO2/c1-9-5-13(17)15(7-9)8-12(16)10-3-2-4-11(14)6-10/h2-4,6,9H,5,7-8H2,1H3. The van der Waals surface area contributed by atoms with Crippen molar-refractivity contribution in [3.8, 4) is 0 Å². The molecule has 0 spiro atoms. The highest BCUT2D eigenvalue weighted by Crippen LogP contribution is 2.18. The Balaban J connectivity index is 2.05. The second-order valence-electron chi connectivity index (χ2n) is 4.52. The molecule has 0 saturated carbocycles. The van der Waals surface area contributed by atoms with Gasteiger partial charge in [-0.1, -0.05) is 30.7 Å². The molecule has 17 heavy (non-hydrogen) atoms. The molecule has 1 aliphatic heterocycles. The fourth-order valence-corrected chi connectivity index (χ4v) is 2.24. The van der Waals surface area contributed by atoms with Gasteiger partial charge in [0.15, 0.2) is 5.78 Å². The van der Waals surface area contributed by atoms with Crippen molar-refractivity contribution in [3.63, 3.8) is 0 Å². The van der Waals surface area contributed by atoms with Crippen molar-refractivity contribution in [2.75, 3.05) is 13.1 Å². The Bertz CT molecular complexity index is 458. The van der Waals surface area contributed by atoms with Gasteiger partial charge in [-0.05, 0) is 18.1 Å². The minimum atomic E-state index is -0.0602. The first-order valence-electron chi connectivity index (χ1n) is 5.63. The molecular weight excluding hydrogens is 238 g/mol. The summed E-state index contributed by atoms with van der Waals surface area (Å²) in [5.41, 5.74) is 0.560. The number of ketones is 1. The molecule has 1 unspecified atom stereocenters. The van der Waals surface area contributed by atoms with Crippen LogP contribution in [-0.4, -0.2) is 29.7 Å². The summed E-state index contributed by atoms with van der Waals surface area (Å²) in [4.78, 5) is 25.1. The molecule has 0 N–H and O–H groups in total. The minimum absolute atomic E-state index is 0.0602. The fraction of sp³-hybridized carbons (Fsp3) is 0.385. The lowest BCUT2D eigenvalue weighted by Crippen LogP contribution is -2.31. The summed E-state index contributed by atoms with van der Waals surface area (Å²) in [6.45, 7) is 2.84. The van der Waals surface area contributed by atoms with Gasteiger partial charge in [-0.25, -0.2) is 0 Å². The van der Waals surface area contributed by atoms with Crippen LogP contribution < -0.4 is 0 Å². The molecule has 1 fully saturated rings. The zero-order valence-corrected chi connectivity index (χ0v) is 10.4. The molecule has 2 rings (SSSR count). The number of hydrogen-bond donors (Lipinski definition) is 0. The van der Waals surface area contributed by atoms with Crippen molar-refractivity contribution in [1.29, 1.82) is 0 Å². The van der Waals surface area contributed by atoms with E-state index in [0.717, 1.165) is 0 Å². The Morgan fingerprint density at radius 1 is 1.53 bits per heavy atom. The van der Waals surface area contributed by atoms with E-state index in [1.807, 2.05) is 6.92 Å². The molecule has 1 amide bonds. The monoisotopic (exact) mass is 251 g/mol. The van der Waals surface area contributed by atoms with Crippen LogP contribution in [0.4, 0.5) is 0 Å². The maximum Gasteiger partial charge on any atom is 0.223 e. The molecule has 0 aliphatic carbocycles. The molecule has 1 aromatic carbocycles. The van der Waals surface area contributed by atoms with Gasteiger partial charge in [0.05, 0.1) is 6.54 Å². The van der Waals surface area contributed by atoms with Gasteiger partial charge in [0.1, 0.15) is 0 Å². The van der Waals surface area contributed by atoms with Crippen molar-refractivity contribution in [2.24, 2.45) is 5.92 Å². The summed E-state index contributed by atoms with van der Waals surface area (Å²) in [6.07, 6.45) is 0.544. The maximum atomic E-state index is 12.0. The first kappa shape index (κ1) is 12.1. The normalized spacial score (nSPS) is 19.8. The third kappa shape index (κ3) is 2.86. The van der Waals surface area contributed by atoms with Crippen molar-refractivity contribution in [1.82, 2.24) is 4.90 Å². The minimum Gasteiger partial charge on any atom is -0.335 e. The van der Waals surface area contributed by atoms with Gasteiger partial charge in [0.25, 0.3) is 0 Å². The Labute approximate surface area is 105 Å². The predicted octanol–water partition coefficient (Wildman–Crippen LogP) is 2.39. The molecule has 1 aromatic rings. The lowest BCUT2D eigenvalue weighted by atomic mass is 10.1. The van der Waals surface area contributed by atoms with Crippen molar-refractivity contribution in [3.05, 3.63) is 34.9 Å². The molecule has 1 aliphatic rings. The van der Waals surface area contributed by atoms with E-state index in [1.54, 1.807) is 29.2 Å². The Morgan fingerprint density at radius 3 is 2.88 bits per heavy atom. The summed E-state index contributed by atoms with van der Waals surface area (Å²) >= 11 is 5.82. The lowest BCUT2D eigenvalue weighted by molar-refractivity contribution is -0.127. The van der Waals surface area contributed by atoms with Crippen LogP contribution in [0.3, 0.4) is 0 Å². The van der Waals surface area contributed by atoms with Crippen LogP contribution in [0, 0.1) is 5.92 Å². The highest BCUT2D eigenvalue weighted by atomic mass is 35.5. The van der Waals surface area contributed by atoms with Crippen LogP contribution in [0.5, 0.6) is 0 Å². The Morgan fingerprint density at radius 2 is 2.29 bits per heavy atom. The first-order chi connectivity index (χ1) is 8.06. The molecule has 3 nitrogen and oxygen atoms in total. The number of amides is 1. The second kappa shape index (κ2) is 4.88. The number of carbonyl (C=O) groups is 2. The van der Waals surface area contributed by atoms with Gasteiger partial charge >= 0.3 is 0 Å². The van der Waals surface area contributed by atoms with Crippen LogP contribution in [0.15, 0.2) is 24.3 Å². The van der Waals surface area contributed by atoms with E-state index in [4.69, 9.17) is 11.6 Å². The van der Waals surface area contributed by atoms with E-state index < -0.39 is 0 Å². The van der Waals surface area contributed by atoms with Gasteiger partial charge in [0.2, 0.25) is 5.91 Å². The van der Waals surface area contributed by atoms with E-state index in [2.05, 4.69) is 0 Å². The van der Waals surface area contributed by atoms with Gasteiger partial charge in [-0.15, -0.1) is 0 Å². The van der Waals surface area contributed by atoms with E-state index in [1.165, 1.54) is 0 Å². The predicted molar refractivity (Wildman–Crippen MR) is 66.1 cm³/mol. The summed E-state index contributed by atoms with van der Waals surface area (Å²) < 4.78 is 0. The van der Waals surface area contributed by atoms with Crippen molar-refractivity contribution in [2.45, 2.75) is 13.3 Å². The van der Waals surface area contributed by atoms with Crippen molar-refractivity contribution < 1.29 is 9.59 Å². The quantitative estimate of drug-likeness (QED) is 0.774. The average molecular weight is 252 g/mol. The first-order valence-corrected chi connectivity index (χ1v) is 6.00. The van der Waals surface area contributed by atoms with Crippen LogP contribution >= 0.6 is 11.6 Å². The van der Waals surface area contributed by atoms with Crippen LogP contribution in [0.1, 0.15) is 23.7 Å². The summed E-state index contributed by atoms with van der Waals surface area (Å²) in [5, 5.41) is 0.539. The molecule has 1 heterocycles. The number of Topliss-reactive ketones (excluding diaryl/α,β-unsaturated/α-hetero) is 1. The smallest absolute Gasteiger partial charge is 0.223 e. The summed E-state index contributed by atoms with van der Waals surface area (Å²) in [5.74, 6) is 0.345. The number of carbonyl (C=O) groups excluding carboxylic acids is 2. The van der Waals surface area contributed by atoms with Crippen LogP contribution in [0.25, 0.3) is 0 Å². The number of hydrogen-bond acceptors (Lipinski definition) is 2. The molecular formula is C13H14ClNO2. The second-order valence-corrected chi connectivity index (χ2v) is 4.95. The average Bonchev–Trinajstić information content (AvgIpc) is 2.57. The zero-order chi connectivity index (χ0) is 12.4. The summed E-state index contributed by atoms with van der Waals surface area (Å²) in [7, 11) is 0. The fourth-order valence-electron chi connectivity index (χ4n) is 2.05. The van der Waals surface area contributed by atoms with Gasteiger partial charge in [-0.3, -0.25) is 9.59 Å². The number of nitrogens with zero attached hydrogens (tertiary/aromatic N) is 1. The van der Waals surface area contributed by atoms with Gasteiger partial charge < -0.3 is 4.90 Å². The van der Waals surface area contributed by atoms with E-state index in [0.29, 0.717) is 29.5 Å². The van der Waals surface area contributed by atoms with Crippen molar-refractivity contribution >= 4 is 23.3 Å². The molecule has 90 valence electrons. The largest absolute Gasteiger partial charge is 0.335 e. The van der Waals surface area contributed by atoms with E-state index in [-0.39, 0.29) is 18.2 Å². The third-order valence-corrected chi connectivity index (χ3v) is 3.12. The summed E-state index contributed by atoms with van der Waals surface area (Å²) in [6, 6.07) is 6.82. The number of rotatable bonds is 3. The van der Waals surface area contributed by atoms with Gasteiger partial charge in [-0.2, -0.15) is 0 Å². The lowest BCUT2D eigenvalue weighted by Gasteiger charge is -2.14. The topological polar surface area (TPSA) is 37.4 Å². The Kier molecular flexibility index (Phi) is 3.48. The highest BCUT2D eigenvalue weighted by molar-refractivity contribution is 6.31. The molecule has 0 aromatic heterocycles. The highest BCUT2D eigenvalue weighted by Gasteiger charge is 2.27. The third-order valence-electron chi connectivity index (χ3n) is 2.89. The van der Waals surface area contributed by atoms with E-state index >= 15 is 0 Å². The Hall–Kier alpha value is -1.35. The number of halogens is 1. The molecule has 1 atom stereocenters. The number of benzene rings is 1. The SMILES string of the molecule is CC1CC(=O)N(CC(=O)c2cccc(Cl)c2)C1. The maximum absolute atomic E-state index is 12.0. The molecule has 4 heteroatoms. The zero-order valence-electron chi connectivity index (χ0n) is 9.65. The van der Waals surface area contributed by atoms with Gasteiger partial charge in [0, 0.05) is 23.6 Å². The van der Waals surface area contributed by atoms with E-state index in [9.17, 15) is 9.59 Å². The van der Waals surface area contributed by atoms with Crippen LogP contribution in [-0.2, 0) is 4.79 Å². The number of likely N-dealkylation sites (tertiary alicyclic amines) is 1. The molecule has 1 saturated heterocycles.